The number of halogens is 1. The second kappa shape index (κ2) is 9.45. The summed E-state index contributed by atoms with van der Waals surface area (Å²) in [7, 11) is 0. The number of hydrogen-bond acceptors (Lipinski definition) is 4. The van der Waals surface area contributed by atoms with Gasteiger partial charge in [-0.15, -0.1) is 0 Å². The molecule has 4 aromatic carbocycles. The Morgan fingerprint density at radius 2 is 1.62 bits per heavy atom. The first-order valence-electron chi connectivity index (χ1n) is 9.91. The lowest BCUT2D eigenvalue weighted by atomic mass is 10.0. The number of hydrazone groups is 1. The largest absolute Gasteiger partial charge is 0.422 e. The van der Waals surface area contributed by atoms with Crippen molar-refractivity contribution in [3.05, 3.63) is 112 Å². The van der Waals surface area contributed by atoms with Crippen LogP contribution in [0.4, 0.5) is 0 Å². The van der Waals surface area contributed by atoms with Crippen molar-refractivity contribution in [2.45, 2.75) is 6.92 Å². The molecule has 4 aromatic rings. The number of amides is 1. The number of rotatable bonds is 5. The highest BCUT2D eigenvalue weighted by Gasteiger charge is 2.14. The minimum Gasteiger partial charge on any atom is -0.422 e. The third kappa shape index (κ3) is 4.68. The van der Waals surface area contributed by atoms with E-state index in [1.807, 2.05) is 49.4 Å². The molecule has 0 fully saturated rings. The Morgan fingerprint density at radius 3 is 2.41 bits per heavy atom. The molecule has 4 rings (SSSR count). The van der Waals surface area contributed by atoms with Gasteiger partial charge in [0.25, 0.3) is 5.91 Å². The number of carbonyl (C=O) groups excluding carboxylic acids is 2. The first-order valence-corrected chi connectivity index (χ1v) is 10.3. The Morgan fingerprint density at radius 1 is 0.906 bits per heavy atom. The van der Waals surface area contributed by atoms with E-state index in [2.05, 4.69) is 10.5 Å². The highest BCUT2D eigenvalue weighted by molar-refractivity contribution is 6.33. The van der Waals surface area contributed by atoms with Gasteiger partial charge in [0.15, 0.2) is 0 Å². The predicted octanol–water partition coefficient (Wildman–Crippen LogP) is 5.78. The maximum Gasteiger partial charge on any atom is 0.343 e. The third-order valence-corrected chi connectivity index (χ3v) is 5.23. The van der Waals surface area contributed by atoms with E-state index in [0.29, 0.717) is 27.5 Å². The van der Waals surface area contributed by atoms with Crippen LogP contribution in [0.2, 0.25) is 5.02 Å². The molecule has 1 amide bonds. The summed E-state index contributed by atoms with van der Waals surface area (Å²) in [4.78, 5) is 25.1. The Labute approximate surface area is 190 Å². The van der Waals surface area contributed by atoms with E-state index in [4.69, 9.17) is 16.3 Å². The summed E-state index contributed by atoms with van der Waals surface area (Å²) < 4.78 is 5.68. The van der Waals surface area contributed by atoms with Crippen molar-refractivity contribution in [2.75, 3.05) is 0 Å². The molecule has 0 spiro atoms. The van der Waals surface area contributed by atoms with E-state index in [0.717, 1.165) is 16.3 Å². The van der Waals surface area contributed by atoms with Crippen molar-refractivity contribution in [2.24, 2.45) is 5.10 Å². The highest BCUT2D eigenvalue weighted by atomic mass is 35.5. The van der Waals surface area contributed by atoms with Crippen LogP contribution in [0.5, 0.6) is 5.75 Å². The zero-order valence-electron chi connectivity index (χ0n) is 17.2. The highest BCUT2D eigenvalue weighted by Crippen LogP contribution is 2.27. The minimum atomic E-state index is -0.477. The molecule has 1 N–H and O–H groups in total. The lowest BCUT2D eigenvalue weighted by Crippen LogP contribution is -2.18. The van der Waals surface area contributed by atoms with Crippen molar-refractivity contribution in [1.82, 2.24) is 5.43 Å². The van der Waals surface area contributed by atoms with Crippen LogP contribution in [-0.2, 0) is 0 Å². The zero-order valence-corrected chi connectivity index (χ0v) is 18.0. The van der Waals surface area contributed by atoms with E-state index < -0.39 is 11.9 Å². The maximum atomic E-state index is 12.7. The normalized spacial score (nSPS) is 10.9. The molecule has 0 heterocycles. The number of nitrogens with one attached hydrogen (secondary N) is 1. The zero-order chi connectivity index (χ0) is 22.5. The van der Waals surface area contributed by atoms with Gasteiger partial charge in [-0.1, -0.05) is 71.8 Å². The molecule has 0 saturated heterocycles. The molecule has 0 aliphatic rings. The molecular formula is C26H19ClN2O3. The van der Waals surface area contributed by atoms with Gasteiger partial charge in [0.05, 0.1) is 22.4 Å². The lowest BCUT2D eigenvalue weighted by molar-refractivity contribution is 0.0734. The number of ether oxygens (including phenoxy) is 1. The molecule has 0 saturated carbocycles. The Balaban J connectivity index is 1.63. The van der Waals surface area contributed by atoms with Gasteiger partial charge in [-0.3, -0.25) is 4.79 Å². The van der Waals surface area contributed by atoms with E-state index in [9.17, 15) is 9.59 Å². The first kappa shape index (κ1) is 21.3. The molecule has 0 unspecified atom stereocenters. The van der Waals surface area contributed by atoms with Gasteiger partial charge in [0.2, 0.25) is 0 Å². The van der Waals surface area contributed by atoms with Crippen LogP contribution in [-0.4, -0.2) is 18.1 Å². The smallest absolute Gasteiger partial charge is 0.343 e. The number of hydrogen-bond donors (Lipinski definition) is 1. The molecule has 158 valence electrons. The third-order valence-electron chi connectivity index (χ3n) is 4.90. The van der Waals surface area contributed by atoms with Crippen LogP contribution in [0, 0.1) is 6.92 Å². The molecule has 5 nitrogen and oxygen atoms in total. The molecule has 0 radical (unpaired) electrons. The second-order valence-corrected chi connectivity index (χ2v) is 7.54. The molecule has 32 heavy (non-hydrogen) atoms. The quantitative estimate of drug-likeness (QED) is 0.184. The van der Waals surface area contributed by atoms with Crippen molar-refractivity contribution in [1.29, 1.82) is 0 Å². The number of nitrogens with zero attached hydrogens (tertiary/aromatic N) is 1. The number of esters is 1. The SMILES string of the molecule is Cc1ccc(C(=O)Oc2ccc3ccccc3c2C=NNC(=O)c2ccccc2Cl)cc1. The van der Waals surface area contributed by atoms with Gasteiger partial charge in [0.1, 0.15) is 5.75 Å². The Hall–Kier alpha value is -3.96. The molecule has 0 bridgehead atoms. The molecule has 0 aliphatic heterocycles. The number of benzene rings is 4. The number of carbonyl (C=O) groups is 2. The number of fused-ring (bicyclic) bond motifs is 1. The van der Waals surface area contributed by atoms with Crippen molar-refractivity contribution in [3.63, 3.8) is 0 Å². The van der Waals surface area contributed by atoms with Crippen LogP contribution >= 0.6 is 11.6 Å². The van der Waals surface area contributed by atoms with E-state index in [1.165, 1.54) is 6.21 Å². The van der Waals surface area contributed by atoms with Gasteiger partial charge in [-0.25, -0.2) is 10.2 Å². The van der Waals surface area contributed by atoms with Crippen LogP contribution in [0.3, 0.4) is 0 Å². The van der Waals surface area contributed by atoms with E-state index in [1.54, 1.807) is 42.5 Å². The maximum absolute atomic E-state index is 12.7. The topological polar surface area (TPSA) is 67.8 Å². The van der Waals surface area contributed by atoms with Crippen molar-refractivity contribution >= 4 is 40.5 Å². The van der Waals surface area contributed by atoms with Gasteiger partial charge >= 0.3 is 5.97 Å². The Bertz CT molecular complexity index is 1330. The molecular weight excluding hydrogens is 424 g/mol. The van der Waals surface area contributed by atoms with E-state index in [-0.39, 0.29) is 0 Å². The van der Waals surface area contributed by atoms with Gasteiger partial charge < -0.3 is 4.74 Å². The average Bonchev–Trinajstić information content (AvgIpc) is 2.80. The van der Waals surface area contributed by atoms with Gasteiger partial charge in [-0.05, 0) is 48.0 Å². The summed E-state index contributed by atoms with van der Waals surface area (Å²) in [5.74, 6) is -0.578. The molecule has 0 atom stereocenters. The van der Waals surface area contributed by atoms with Gasteiger partial charge in [-0.2, -0.15) is 5.10 Å². The molecule has 0 aromatic heterocycles. The fraction of sp³-hybridized carbons (Fsp3) is 0.0385. The van der Waals surface area contributed by atoms with Crippen LogP contribution in [0.25, 0.3) is 10.8 Å². The van der Waals surface area contributed by atoms with Crippen molar-refractivity contribution in [3.8, 4) is 5.75 Å². The fourth-order valence-electron chi connectivity index (χ4n) is 3.21. The first-order chi connectivity index (χ1) is 15.5. The van der Waals surface area contributed by atoms with E-state index >= 15 is 0 Å². The summed E-state index contributed by atoms with van der Waals surface area (Å²) in [5, 5.41) is 6.20. The lowest BCUT2D eigenvalue weighted by Gasteiger charge is -2.11. The predicted molar refractivity (Wildman–Crippen MR) is 127 cm³/mol. The fourth-order valence-corrected chi connectivity index (χ4v) is 3.43. The minimum absolute atomic E-state index is 0.315. The standard InChI is InChI=1S/C26H19ClN2O3/c1-17-10-12-19(13-11-17)26(31)32-24-15-14-18-6-2-3-7-20(18)22(24)16-28-29-25(30)21-8-4-5-9-23(21)27/h2-16H,1H3,(H,29,30). The number of aryl methyl sites for hydroxylation is 1. The monoisotopic (exact) mass is 442 g/mol. The van der Waals surface area contributed by atoms with Crippen LogP contribution in [0.15, 0.2) is 90.0 Å². The summed E-state index contributed by atoms with van der Waals surface area (Å²) in [6, 6.07) is 25.1. The second-order valence-electron chi connectivity index (χ2n) is 7.13. The average molecular weight is 443 g/mol. The summed E-state index contributed by atoms with van der Waals surface area (Å²) in [6.07, 6.45) is 1.47. The summed E-state index contributed by atoms with van der Waals surface area (Å²) in [6.45, 7) is 1.95. The van der Waals surface area contributed by atoms with Gasteiger partial charge in [0, 0.05) is 5.56 Å². The summed E-state index contributed by atoms with van der Waals surface area (Å²) >= 11 is 6.07. The Kier molecular flexibility index (Phi) is 6.29. The van der Waals surface area contributed by atoms with Crippen LogP contribution in [0.1, 0.15) is 31.8 Å². The molecule has 6 heteroatoms. The van der Waals surface area contributed by atoms with Crippen molar-refractivity contribution < 1.29 is 14.3 Å². The van der Waals surface area contributed by atoms with Crippen LogP contribution < -0.4 is 10.2 Å². The molecule has 0 aliphatic carbocycles. The summed E-state index contributed by atoms with van der Waals surface area (Å²) in [5.41, 5.74) is 4.86.